The van der Waals surface area contributed by atoms with Gasteiger partial charge in [-0.25, -0.2) is 4.79 Å². The molecule has 1 atom stereocenters. The zero-order valence-electron chi connectivity index (χ0n) is 23.0. The number of likely N-dealkylation sites (tertiary alicyclic amines) is 1. The number of nitrogens with one attached hydrogen (secondary N) is 1. The average Bonchev–Trinajstić information content (AvgIpc) is 3.24. The van der Waals surface area contributed by atoms with Gasteiger partial charge in [0.05, 0.1) is 35.9 Å². The lowest BCUT2D eigenvalue weighted by atomic mass is 9.68. The average molecular weight is 538 g/mol. The monoisotopic (exact) mass is 537 g/mol. The molecule has 10 nitrogen and oxygen atoms in total. The van der Waals surface area contributed by atoms with Gasteiger partial charge in [0.25, 0.3) is 0 Å². The van der Waals surface area contributed by atoms with Gasteiger partial charge < -0.3 is 19.3 Å². The summed E-state index contributed by atoms with van der Waals surface area (Å²) in [4.78, 5) is 40.2. The third kappa shape index (κ3) is 5.11. The van der Waals surface area contributed by atoms with Gasteiger partial charge in [-0.15, -0.1) is 0 Å². The van der Waals surface area contributed by atoms with Crippen molar-refractivity contribution in [2.75, 3.05) is 37.7 Å². The minimum Gasteiger partial charge on any atom is -0.450 e. The molecule has 1 aliphatic carbocycles. The number of carbonyl (C=O) groups is 3. The Balaban J connectivity index is 1.01. The van der Waals surface area contributed by atoms with Gasteiger partial charge in [-0.1, -0.05) is 0 Å². The van der Waals surface area contributed by atoms with E-state index in [0.29, 0.717) is 25.6 Å². The van der Waals surface area contributed by atoms with Gasteiger partial charge in [0.1, 0.15) is 0 Å². The maximum Gasteiger partial charge on any atom is 0.409 e. The number of hydrogen-bond acceptors (Lipinski definition) is 7. The topological polar surface area (TPSA) is 106 Å². The van der Waals surface area contributed by atoms with Crippen LogP contribution in [0.4, 0.5) is 10.5 Å². The second-order valence-corrected chi connectivity index (χ2v) is 11.8. The van der Waals surface area contributed by atoms with Gasteiger partial charge in [-0.2, -0.15) is 5.10 Å². The van der Waals surface area contributed by atoms with Crippen LogP contribution in [0.25, 0.3) is 10.9 Å². The van der Waals surface area contributed by atoms with Crippen molar-refractivity contribution >= 4 is 34.5 Å². The van der Waals surface area contributed by atoms with Crippen molar-refractivity contribution in [1.29, 1.82) is 0 Å². The number of benzene rings is 1. The molecule has 3 saturated heterocycles. The van der Waals surface area contributed by atoms with E-state index >= 15 is 0 Å². The molecule has 3 aliphatic heterocycles. The number of rotatable bonds is 5. The molecule has 0 bridgehead atoms. The van der Waals surface area contributed by atoms with E-state index in [2.05, 4.69) is 33.5 Å². The zero-order valence-corrected chi connectivity index (χ0v) is 23.0. The third-order valence-electron chi connectivity index (χ3n) is 9.20. The lowest BCUT2D eigenvalue weighted by Crippen LogP contribution is -2.60. The molecule has 0 radical (unpaired) electrons. The summed E-state index contributed by atoms with van der Waals surface area (Å²) >= 11 is 0. The second kappa shape index (κ2) is 10.4. The number of aromatic nitrogens is 2. The number of piperidine rings is 2. The van der Waals surface area contributed by atoms with Crippen LogP contribution in [0, 0.1) is 5.41 Å². The Labute approximate surface area is 229 Å². The minimum atomic E-state index is -0.388. The molecule has 210 valence electrons. The molecule has 4 fully saturated rings. The number of amides is 3. The van der Waals surface area contributed by atoms with Crippen LogP contribution in [-0.2, 0) is 26.1 Å². The highest BCUT2D eigenvalue weighted by Gasteiger charge is 2.47. The molecule has 1 spiro atoms. The van der Waals surface area contributed by atoms with Crippen LogP contribution < -0.4 is 10.2 Å². The van der Waals surface area contributed by atoms with Crippen LogP contribution >= 0.6 is 0 Å². The van der Waals surface area contributed by atoms with E-state index in [1.165, 1.54) is 0 Å². The van der Waals surface area contributed by atoms with Crippen LogP contribution in [0.15, 0.2) is 18.2 Å². The van der Waals surface area contributed by atoms with E-state index in [9.17, 15) is 14.4 Å². The van der Waals surface area contributed by atoms with Gasteiger partial charge in [0.15, 0.2) is 0 Å². The summed E-state index contributed by atoms with van der Waals surface area (Å²) in [6, 6.07) is 6.36. The lowest BCUT2D eigenvalue weighted by Gasteiger charge is -2.52. The van der Waals surface area contributed by atoms with Gasteiger partial charge in [-0.05, 0) is 70.1 Å². The first-order valence-corrected chi connectivity index (χ1v) is 14.5. The number of anilines is 1. The third-order valence-corrected chi connectivity index (χ3v) is 9.20. The van der Waals surface area contributed by atoms with Gasteiger partial charge >= 0.3 is 6.09 Å². The molecule has 1 aromatic carbocycles. The molecule has 10 heteroatoms. The Bertz CT molecular complexity index is 1250. The van der Waals surface area contributed by atoms with Crippen LogP contribution in [-0.4, -0.2) is 77.6 Å². The Morgan fingerprint density at radius 2 is 1.79 bits per heavy atom. The van der Waals surface area contributed by atoms with Crippen molar-refractivity contribution in [3.8, 4) is 0 Å². The Morgan fingerprint density at radius 3 is 2.49 bits per heavy atom. The lowest BCUT2D eigenvalue weighted by molar-refractivity contribution is -0.134. The number of hydrogen-bond donors (Lipinski definition) is 1. The molecule has 1 aromatic heterocycles. The van der Waals surface area contributed by atoms with E-state index in [0.717, 1.165) is 87.0 Å². The first-order valence-electron chi connectivity index (χ1n) is 14.5. The number of fused-ring (bicyclic) bond motifs is 1. The number of aryl methyl sites for hydroxylation is 1. The predicted octanol–water partition coefficient (Wildman–Crippen LogP) is 3.48. The Hall–Kier alpha value is -3.14. The van der Waals surface area contributed by atoms with Crippen molar-refractivity contribution in [3.05, 3.63) is 23.9 Å². The minimum absolute atomic E-state index is 0.175. The first kappa shape index (κ1) is 26.1. The first-order chi connectivity index (χ1) is 18.8. The van der Waals surface area contributed by atoms with Crippen molar-refractivity contribution in [2.24, 2.45) is 12.5 Å². The number of ether oxygens (including phenoxy) is 2. The number of carbonyl (C=O) groups excluding carboxylic acids is 3. The fourth-order valence-electron chi connectivity index (χ4n) is 6.97. The van der Waals surface area contributed by atoms with Crippen molar-refractivity contribution in [3.63, 3.8) is 0 Å². The van der Waals surface area contributed by atoms with Crippen LogP contribution in [0.2, 0.25) is 0 Å². The quantitative estimate of drug-likeness (QED) is 0.582. The molecular weight excluding hydrogens is 498 g/mol. The van der Waals surface area contributed by atoms with Crippen LogP contribution in [0.1, 0.15) is 69.9 Å². The highest BCUT2D eigenvalue weighted by molar-refractivity contribution is 6.02. The number of imide groups is 1. The predicted molar refractivity (Wildman–Crippen MR) is 145 cm³/mol. The summed E-state index contributed by atoms with van der Waals surface area (Å²) in [5, 5.41) is 8.10. The molecule has 6 rings (SSSR count). The number of nitrogens with zero attached hydrogens (tertiary/aromatic N) is 4. The van der Waals surface area contributed by atoms with E-state index in [1.807, 2.05) is 23.6 Å². The Kier molecular flexibility index (Phi) is 6.99. The molecule has 39 heavy (non-hydrogen) atoms. The standard InChI is InChI=1S/C29H39N5O5/c1-3-38-28(37)34-17-29(18-34)12-8-20(9-13-29)39-21-10-14-33(15-11-21)19-4-5-22-24(16-19)32(2)31-26(22)23-6-7-25(35)30-27(23)36/h4-5,16,20-21,23H,3,6-15,17-18H2,1-2H3,(H,30,35,36). The van der Waals surface area contributed by atoms with E-state index < -0.39 is 0 Å². The highest BCUT2D eigenvalue weighted by atomic mass is 16.6. The fraction of sp³-hybridized carbons (Fsp3) is 0.655. The van der Waals surface area contributed by atoms with Crippen molar-refractivity contribution < 1.29 is 23.9 Å². The van der Waals surface area contributed by atoms with Crippen LogP contribution in [0.5, 0.6) is 0 Å². The summed E-state index contributed by atoms with van der Waals surface area (Å²) in [7, 11) is 1.91. The SMILES string of the molecule is CCOC(=O)N1CC2(CCC(OC3CCN(c4ccc5c(C6CCC(=O)NC6=O)nn(C)c5c4)CC3)CC2)C1. The normalized spacial score (nSPS) is 24.2. The summed E-state index contributed by atoms with van der Waals surface area (Å²) in [5.41, 5.74) is 3.19. The maximum absolute atomic E-state index is 12.4. The highest BCUT2D eigenvalue weighted by Crippen LogP contribution is 2.45. The summed E-state index contributed by atoms with van der Waals surface area (Å²) < 4.78 is 13.5. The zero-order chi connectivity index (χ0) is 27.1. The van der Waals surface area contributed by atoms with E-state index in [4.69, 9.17) is 9.47 Å². The Morgan fingerprint density at radius 1 is 1.08 bits per heavy atom. The van der Waals surface area contributed by atoms with Crippen molar-refractivity contribution in [2.45, 2.75) is 76.4 Å². The van der Waals surface area contributed by atoms with E-state index in [1.54, 1.807) is 0 Å². The summed E-state index contributed by atoms with van der Waals surface area (Å²) in [6.45, 7) is 5.82. The molecule has 1 unspecified atom stereocenters. The van der Waals surface area contributed by atoms with Gasteiger partial charge in [0.2, 0.25) is 11.8 Å². The van der Waals surface area contributed by atoms with Gasteiger partial charge in [0, 0.05) is 56.1 Å². The van der Waals surface area contributed by atoms with Crippen molar-refractivity contribution in [1.82, 2.24) is 20.0 Å². The van der Waals surface area contributed by atoms with Crippen LogP contribution in [0.3, 0.4) is 0 Å². The largest absolute Gasteiger partial charge is 0.450 e. The van der Waals surface area contributed by atoms with E-state index in [-0.39, 0.29) is 35.3 Å². The smallest absolute Gasteiger partial charge is 0.409 e. The molecule has 1 N–H and O–H groups in total. The second-order valence-electron chi connectivity index (χ2n) is 11.8. The molecule has 3 amide bonds. The van der Waals surface area contributed by atoms with Gasteiger partial charge in [-0.3, -0.25) is 19.6 Å². The molecule has 1 saturated carbocycles. The molecule has 4 aliphatic rings. The summed E-state index contributed by atoms with van der Waals surface area (Å²) in [6.07, 6.45) is 7.68. The molecule has 2 aromatic rings. The molecular formula is C29H39N5O5. The summed E-state index contributed by atoms with van der Waals surface area (Å²) in [5.74, 6) is -0.850. The fourth-order valence-corrected chi connectivity index (χ4v) is 6.97. The maximum atomic E-state index is 12.4. The molecule has 4 heterocycles.